The number of halogens is 1. The Morgan fingerprint density at radius 2 is 1.81 bits per heavy atom. The van der Waals surface area contributed by atoms with E-state index in [1.807, 2.05) is 32.0 Å². The van der Waals surface area contributed by atoms with Crippen LogP contribution in [0.5, 0.6) is 0 Å². The molecule has 9 nitrogen and oxygen atoms in total. The molecule has 0 bridgehead atoms. The fourth-order valence-corrected chi connectivity index (χ4v) is 3.50. The number of fused-ring (bicyclic) bond motifs is 1. The Morgan fingerprint density at radius 1 is 1.13 bits per heavy atom. The Morgan fingerprint density at radius 3 is 2.45 bits per heavy atom. The molecule has 0 saturated heterocycles. The number of aryl methyl sites for hydroxylation is 1. The van der Waals surface area contributed by atoms with Crippen molar-refractivity contribution in [2.24, 2.45) is 14.1 Å². The van der Waals surface area contributed by atoms with E-state index < -0.39 is 17.4 Å². The van der Waals surface area contributed by atoms with Gasteiger partial charge in [-0.2, -0.15) is 4.98 Å². The summed E-state index contributed by atoms with van der Waals surface area (Å²) < 4.78 is 4.11. The van der Waals surface area contributed by atoms with Gasteiger partial charge in [0.05, 0.1) is 13.1 Å². The van der Waals surface area contributed by atoms with E-state index >= 15 is 0 Å². The van der Waals surface area contributed by atoms with Crippen molar-refractivity contribution in [3.05, 3.63) is 56.7 Å². The largest absolute Gasteiger partial charge is 1.00 e. The minimum atomic E-state index is -0.673. The quantitative estimate of drug-likeness (QED) is 0.292. The van der Waals surface area contributed by atoms with Gasteiger partial charge in [-0.3, -0.25) is 13.9 Å². The summed E-state index contributed by atoms with van der Waals surface area (Å²) in [6.45, 7) is 5.50. The molecule has 31 heavy (non-hydrogen) atoms. The molecular weight excluding hydrogens is 420 g/mol. The smallest absolute Gasteiger partial charge is 0.332 e. The Balaban J connectivity index is 0.00000341. The molecule has 0 aliphatic heterocycles. The first-order valence-electron chi connectivity index (χ1n) is 10.3. The van der Waals surface area contributed by atoms with Crippen molar-refractivity contribution in [2.45, 2.75) is 39.0 Å². The molecule has 1 atom stereocenters. The first-order valence-corrected chi connectivity index (χ1v) is 10.3. The number of imidazole rings is 1. The number of rotatable bonds is 9. The van der Waals surface area contributed by atoms with E-state index in [4.69, 9.17) is 0 Å². The number of hydrogen-bond donors (Lipinski definition) is 3. The minimum Gasteiger partial charge on any atom is -1.00 e. The van der Waals surface area contributed by atoms with Crippen molar-refractivity contribution in [3.8, 4) is 0 Å². The molecular formula is C21H31ClN6O3. The van der Waals surface area contributed by atoms with Crippen LogP contribution in [0, 0.1) is 0 Å². The van der Waals surface area contributed by atoms with Crippen LogP contribution in [0.15, 0.2) is 39.9 Å². The standard InChI is InChI=1S/C21H30N6O3.ClH/c1-14(2)23-20-24-18-17(19(29)26(4)21(30)25(18)3)27(20)13-16(28)12-22-11-10-15-8-6-5-7-9-15;/h5-9,14,16,22,28H,10-13H2,1-4H3,(H,23,24);1H. The van der Waals surface area contributed by atoms with Crippen LogP contribution >= 0.6 is 0 Å². The number of nitrogens with one attached hydrogen (secondary N) is 1. The number of aromatic nitrogens is 4. The first-order chi connectivity index (χ1) is 14.3. The summed E-state index contributed by atoms with van der Waals surface area (Å²) >= 11 is 0. The van der Waals surface area contributed by atoms with Gasteiger partial charge >= 0.3 is 5.69 Å². The Labute approximate surface area is 187 Å². The first kappa shape index (κ1) is 24.6. The van der Waals surface area contributed by atoms with Gasteiger partial charge in [0.2, 0.25) is 5.95 Å². The Bertz CT molecular complexity index is 1120. The van der Waals surface area contributed by atoms with Crippen LogP contribution in [0.25, 0.3) is 11.2 Å². The SMILES string of the molecule is CC(C)Nc1nc2c(c(=O)n(C)c(=O)n2C)n1CC(O)C[NH2+]CCc1ccccc1.[Cl-]. The molecule has 170 valence electrons. The molecule has 0 spiro atoms. The van der Waals surface area contributed by atoms with E-state index in [9.17, 15) is 14.7 Å². The number of aliphatic hydroxyl groups is 1. The summed E-state index contributed by atoms with van der Waals surface area (Å²) in [6, 6.07) is 10.3. The second-order valence-corrected chi connectivity index (χ2v) is 7.93. The van der Waals surface area contributed by atoms with Crippen LogP contribution in [0.1, 0.15) is 19.4 Å². The topological polar surface area (TPSA) is 111 Å². The molecule has 1 aromatic carbocycles. The van der Waals surface area contributed by atoms with Crippen LogP contribution in [0.2, 0.25) is 0 Å². The van der Waals surface area contributed by atoms with E-state index in [0.29, 0.717) is 23.7 Å². The highest BCUT2D eigenvalue weighted by Gasteiger charge is 2.21. The number of nitrogens with two attached hydrogens (primary N) is 1. The number of aliphatic hydroxyl groups excluding tert-OH is 1. The summed E-state index contributed by atoms with van der Waals surface area (Å²) in [6.07, 6.45) is 0.248. The molecule has 0 saturated carbocycles. The molecule has 1 unspecified atom stereocenters. The summed E-state index contributed by atoms with van der Waals surface area (Å²) in [5, 5.41) is 15.9. The highest BCUT2D eigenvalue weighted by atomic mass is 35.5. The van der Waals surface area contributed by atoms with Crippen LogP contribution in [-0.2, 0) is 27.1 Å². The zero-order valence-corrected chi connectivity index (χ0v) is 19.1. The van der Waals surface area contributed by atoms with Crippen LogP contribution in [-0.4, -0.2) is 49.0 Å². The van der Waals surface area contributed by atoms with E-state index in [-0.39, 0.29) is 25.0 Å². The summed E-state index contributed by atoms with van der Waals surface area (Å²) in [5.41, 5.74) is 1.04. The molecule has 2 aromatic heterocycles. The van der Waals surface area contributed by atoms with Crippen molar-refractivity contribution in [1.29, 1.82) is 0 Å². The molecule has 0 radical (unpaired) electrons. The number of nitrogens with zero attached hydrogens (tertiary/aromatic N) is 4. The minimum absolute atomic E-state index is 0. The van der Waals surface area contributed by atoms with E-state index in [0.717, 1.165) is 17.5 Å². The van der Waals surface area contributed by atoms with E-state index in [1.54, 1.807) is 11.6 Å². The van der Waals surface area contributed by atoms with Crippen molar-refractivity contribution in [2.75, 3.05) is 18.4 Å². The van der Waals surface area contributed by atoms with Crippen LogP contribution in [0.3, 0.4) is 0 Å². The van der Waals surface area contributed by atoms with Crippen molar-refractivity contribution in [3.63, 3.8) is 0 Å². The fraction of sp³-hybridized carbons (Fsp3) is 0.476. The molecule has 3 rings (SSSR count). The lowest BCUT2D eigenvalue weighted by Gasteiger charge is -2.16. The van der Waals surface area contributed by atoms with Gasteiger partial charge in [-0.15, -0.1) is 0 Å². The highest BCUT2D eigenvalue weighted by Crippen LogP contribution is 2.17. The lowest BCUT2D eigenvalue weighted by Crippen LogP contribution is -3.00. The van der Waals surface area contributed by atoms with Gasteiger partial charge in [-0.25, -0.2) is 4.79 Å². The molecule has 10 heteroatoms. The predicted molar refractivity (Wildman–Crippen MR) is 117 cm³/mol. The average Bonchev–Trinajstić information content (AvgIpc) is 3.06. The van der Waals surface area contributed by atoms with Gasteiger partial charge in [0.15, 0.2) is 11.2 Å². The zero-order chi connectivity index (χ0) is 21.8. The summed E-state index contributed by atoms with van der Waals surface area (Å²) in [7, 11) is 3.04. The second kappa shape index (κ2) is 10.6. The zero-order valence-electron chi connectivity index (χ0n) is 18.4. The maximum atomic E-state index is 12.8. The Hall–Kier alpha value is -2.62. The third-order valence-corrected chi connectivity index (χ3v) is 5.08. The maximum Gasteiger partial charge on any atom is 0.332 e. The maximum absolute atomic E-state index is 12.8. The lowest BCUT2D eigenvalue weighted by atomic mass is 10.1. The molecule has 0 fully saturated rings. The van der Waals surface area contributed by atoms with Crippen molar-refractivity contribution in [1.82, 2.24) is 18.7 Å². The summed E-state index contributed by atoms with van der Waals surface area (Å²) in [5.74, 6) is 0.474. The van der Waals surface area contributed by atoms with E-state index in [1.165, 1.54) is 17.2 Å². The third kappa shape index (κ3) is 5.55. The number of quaternary nitrogens is 1. The van der Waals surface area contributed by atoms with E-state index in [2.05, 4.69) is 27.8 Å². The van der Waals surface area contributed by atoms with Gasteiger partial charge in [0.1, 0.15) is 12.6 Å². The number of anilines is 1. The van der Waals surface area contributed by atoms with Gasteiger partial charge in [0, 0.05) is 26.6 Å². The van der Waals surface area contributed by atoms with Gasteiger partial charge in [-0.05, 0) is 19.4 Å². The van der Waals surface area contributed by atoms with Gasteiger partial charge in [0.25, 0.3) is 5.56 Å². The lowest BCUT2D eigenvalue weighted by molar-refractivity contribution is -0.660. The molecule has 0 amide bonds. The van der Waals surface area contributed by atoms with Gasteiger partial charge < -0.3 is 32.7 Å². The third-order valence-electron chi connectivity index (χ3n) is 5.08. The normalized spacial score (nSPS) is 12.2. The number of hydrogen-bond acceptors (Lipinski definition) is 5. The Kier molecular flexibility index (Phi) is 8.43. The van der Waals surface area contributed by atoms with Gasteiger partial charge in [-0.1, -0.05) is 30.3 Å². The predicted octanol–water partition coefficient (Wildman–Crippen LogP) is -3.57. The molecule has 0 aliphatic rings. The van der Waals surface area contributed by atoms with Crippen molar-refractivity contribution < 1.29 is 22.8 Å². The molecule has 3 aromatic rings. The fourth-order valence-electron chi connectivity index (χ4n) is 3.50. The second-order valence-electron chi connectivity index (χ2n) is 7.93. The number of benzene rings is 1. The molecule has 0 aliphatic carbocycles. The molecule has 2 heterocycles. The van der Waals surface area contributed by atoms with Crippen LogP contribution < -0.4 is 34.3 Å². The monoisotopic (exact) mass is 450 g/mol. The highest BCUT2D eigenvalue weighted by molar-refractivity contribution is 5.74. The average molecular weight is 451 g/mol. The molecule has 4 N–H and O–H groups in total. The summed E-state index contributed by atoms with van der Waals surface area (Å²) in [4.78, 5) is 29.5. The van der Waals surface area contributed by atoms with Crippen LogP contribution in [0.4, 0.5) is 5.95 Å². The van der Waals surface area contributed by atoms with Crippen molar-refractivity contribution >= 4 is 17.1 Å².